The van der Waals surface area contributed by atoms with Gasteiger partial charge in [-0.05, 0) is 17.5 Å². The van der Waals surface area contributed by atoms with Gasteiger partial charge in [-0.2, -0.15) is 0 Å². The summed E-state index contributed by atoms with van der Waals surface area (Å²) >= 11 is 0. The molecule has 2 aromatic rings. The van der Waals surface area contributed by atoms with Gasteiger partial charge in [0.05, 0.1) is 7.11 Å². The molecule has 0 aliphatic carbocycles. The minimum Gasteiger partial charge on any atom is -0.494 e. The number of rotatable bonds is 2. The highest BCUT2D eigenvalue weighted by Crippen LogP contribution is 2.33. The fraction of sp³-hybridized carbons (Fsp3) is 0.400. The molecule has 1 N–H and O–H groups in total. The van der Waals surface area contributed by atoms with Gasteiger partial charge in [-0.25, -0.2) is 4.98 Å². The molecule has 1 aromatic heterocycles. The van der Waals surface area contributed by atoms with Gasteiger partial charge in [0.1, 0.15) is 17.1 Å². The lowest BCUT2D eigenvalue weighted by molar-refractivity contribution is 0.419. The van der Waals surface area contributed by atoms with Gasteiger partial charge in [-0.3, -0.25) is 0 Å². The molecule has 1 aromatic carbocycles. The van der Waals surface area contributed by atoms with E-state index in [1.165, 1.54) is 5.56 Å². The second kappa shape index (κ2) is 4.48. The number of hydrogen-bond acceptors (Lipinski definition) is 3. The van der Waals surface area contributed by atoms with Crippen LogP contribution < -0.4 is 10.1 Å². The Balaban J connectivity index is 2.77. The third-order valence-corrected chi connectivity index (χ3v) is 3.07. The van der Waals surface area contributed by atoms with E-state index in [4.69, 9.17) is 9.72 Å². The quantitative estimate of drug-likeness (QED) is 0.876. The maximum atomic E-state index is 5.36. The number of pyridine rings is 1. The van der Waals surface area contributed by atoms with E-state index in [9.17, 15) is 0 Å². The number of nitrogens with one attached hydrogen (secondary N) is 1. The van der Waals surface area contributed by atoms with Crippen LogP contribution in [0.15, 0.2) is 24.3 Å². The van der Waals surface area contributed by atoms with Crippen LogP contribution in [0.4, 0.5) is 5.82 Å². The maximum absolute atomic E-state index is 5.36. The van der Waals surface area contributed by atoms with E-state index in [1.807, 2.05) is 19.2 Å². The topological polar surface area (TPSA) is 34.2 Å². The Kier molecular flexibility index (Phi) is 3.16. The van der Waals surface area contributed by atoms with Gasteiger partial charge in [-0.15, -0.1) is 0 Å². The number of para-hydroxylation sites is 1. The van der Waals surface area contributed by atoms with E-state index in [-0.39, 0.29) is 5.41 Å². The monoisotopic (exact) mass is 244 g/mol. The molecule has 0 fully saturated rings. The van der Waals surface area contributed by atoms with Crippen LogP contribution in [0.1, 0.15) is 26.3 Å². The molecule has 0 radical (unpaired) electrons. The lowest BCUT2D eigenvalue weighted by atomic mass is 9.86. The molecule has 0 unspecified atom stereocenters. The first-order valence-electron chi connectivity index (χ1n) is 6.13. The Morgan fingerprint density at radius 3 is 2.50 bits per heavy atom. The summed E-state index contributed by atoms with van der Waals surface area (Å²) in [7, 11) is 3.58. The molecule has 0 saturated carbocycles. The van der Waals surface area contributed by atoms with Gasteiger partial charge in [-0.1, -0.05) is 32.9 Å². The summed E-state index contributed by atoms with van der Waals surface area (Å²) in [5.41, 5.74) is 2.17. The summed E-state index contributed by atoms with van der Waals surface area (Å²) in [6.07, 6.45) is 0. The summed E-state index contributed by atoms with van der Waals surface area (Å²) in [6.45, 7) is 6.57. The van der Waals surface area contributed by atoms with Crippen molar-refractivity contribution >= 4 is 16.7 Å². The van der Waals surface area contributed by atoms with Crippen LogP contribution in [-0.4, -0.2) is 19.1 Å². The summed E-state index contributed by atoms with van der Waals surface area (Å²) in [5.74, 6) is 1.73. The van der Waals surface area contributed by atoms with Crippen LogP contribution in [0.5, 0.6) is 5.75 Å². The highest BCUT2D eigenvalue weighted by atomic mass is 16.5. The Bertz CT molecular complexity index is 570. The first-order valence-corrected chi connectivity index (χ1v) is 6.13. The van der Waals surface area contributed by atoms with E-state index >= 15 is 0 Å². The molecule has 96 valence electrons. The van der Waals surface area contributed by atoms with E-state index in [2.05, 4.69) is 38.2 Å². The van der Waals surface area contributed by atoms with Crippen LogP contribution in [0, 0.1) is 0 Å². The normalized spacial score (nSPS) is 11.6. The Labute approximate surface area is 108 Å². The zero-order chi connectivity index (χ0) is 13.3. The molecule has 0 atom stereocenters. The SMILES string of the molecule is CNc1nc2c(OC)cccc2cc1C(C)(C)C. The summed E-state index contributed by atoms with van der Waals surface area (Å²) in [5, 5.41) is 4.29. The lowest BCUT2D eigenvalue weighted by Crippen LogP contribution is -2.15. The van der Waals surface area contributed by atoms with Crippen molar-refractivity contribution in [3.05, 3.63) is 29.8 Å². The van der Waals surface area contributed by atoms with Gasteiger partial charge >= 0.3 is 0 Å². The van der Waals surface area contributed by atoms with Crippen LogP contribution in [-0.2, 0) is 5.41 Å². The van der Waals surface area contributed by atoms with Crippen molar-refractivity contribution in [3.8, 4) is 5.75 Å². The van der Waals surface area contributed by atoms with Gasteiger partial charge in [0.25, 0.3) is 0 Å². The van der Waals surface area contributed by atoms with E-state index in [0.717, 1.165) is 22.5 Å². The van der Waals surface area contributed by atoms with E-state index < -0.39 is 0 Å². The number of ether oxygens (including phenoxy) is 1. The highest BCUT2D eigenvalue weighted by Gasteiger charge is 2.20. The Morgan fingerprint density at radius 2 is 1.94 bits per heavy atom. The molecule has 0 aliphatic heterocycles. The summed E-state index contributed by atoms with van der Waals surface area (Å²) in [6, 6.07) is 8.19. The molecule has 0 saturated heterocycles. The molecule has 0 amide bonds. The van der Waals surface area contributed by atoms with Crippen LogP contribution in [0.2, 0.25) is 0 Å². The maximum Gasteiger partial charge on any atom is 0.145 e. The zero-order valence-corrected chi connectivity index (χ0v) is 11.7. The summed E-state index contributed by atoms with van der Waals surface area (Å²) < 4.78 is 5.36. The molecule has 0 spiro atoms. The predicted molar refractivity (Wildman–Crippen MR) is 76.5 cm³/mol. The first-order chi connectivity index (χ1) is 8.47. The van der Waals surface area contributed by atoms with Crippen molar-refractivity contribution in [1.82, 2.24) is 4.98 Å². The van der Waals surface area contributed by atoms with Crippen LogP contribution in [0.25, 0.3) is 10.9 Å². The van der Waals surface area contributed by atoms with Crippen molar-refractivity contribution < 1.29 is 4.74 Å². The first kappa shape index (κ1) is 12.7. The molecule has 18 heavy (non-hydrogen) atoms. The highest BCUT2D eigenvalue weighted by molar-refractivity contribution is 5.87. The van der Waals surface area contributed by atoms with Gasteiger partial charge < -0.3 is 10.1 Å². The van der Waals surface area contributed by atoms with Crippen molar-refractivity contribution in [2.24, 2.45) is 0 Å². The molecule has 0 bridgehead atoms. The number of anilines is 1. The van der Waals surface area contributed by atoms with Crippen molar-refractivity contribution in [2.45, 2.75) is 26.2 Å². The second-order valence-electron chi connectivity index (χ2n) is 5.42. The zero-order valence-electron chi connectivity index (χ0n) is 11.7. The molecule has 2 rings (SSSR count). The average Bonchev–Trinajstić information content (AvgIpc) is 2.35. The molecule has 3 nitrogen and oxygen atoms in total. The minimum atomic E-state index is 0.0581. The molecule has 3 heteroatoms. The largest absolute Gasteiger partial charge is 0.494 e. The van der Waals surface area contributed by atoms with Crippen molar-refractivity contribution in [3.63, 3.8) is 0 Å². The molecular weight excluding hydrogens is 224 g/mol. The van der Waals surface area contributed by atoms with E-state index in [0.29, 0.717) is 0 Å². The number of methoxy groups -OCH3 is 1. The molecular formula is C15H20N2O. The van der Waals surface area contributed by atoms with Crippen molar-refractivity contribution in [1.29, 1.82) is 0 Å². The Hall–Kier alpha value is -1.77. The van der Waals surface area contributed by atoms with Crippen molar-refractivity contribution in [2.75, 3.05) is 19.5 Å². The fourth-order valence-electron chi connectivity index (χ4n) is 2.10. The smallest absolute Gasteiger partial charge is 0.145 e. The number of fused-ring (bicyclic) bond motifs is 1. The standard InChI is InChI=1S/C15H20N2O/c1-15(2,3)11-9-10-7-6-8-12(18-5)13(10)17-14(11)16-4/h6-9H,1-5H3,(H,16,17). The minimum absolute atomic E-state index is 0.0581. The van der Waals surface area contributed by atoms with E-state index in [1.54, 1.807) is 7.11 Å². The van der Waals surface area contributed by atoms with Crippen LogP contribution >= 0.6 is 0 Å². The third-order valence-electron chi connectivity index (χ3n) is 3.07. The number of aromatic nitrogens is 1. The summed E-state index contributed by atoms with van der Waals surface area (Å²) in [4.78, 5) is 4.69. The molecule has 1 heterocycles. The number of benzene rings is 1. The number of hydrogen-bond donors (Lipinski definition) is 1. The van der Waals surface area contributed by atoms with Gasteiger partial charge in [0.2, 0.25) is 0 Å². The molecule has 0 aliphatic rings. The Morgan fingerprint density at radius 1 is 1.22 bits per heavy atom. The second-order valence-corrected chi connectivity index (χ2v) is 5.42. The number of nitrogens with zero attached hydrogens (tertiary/aromatic N) is 1. The van der Waals surface area contributed by atoms with Gasteiger partial charge in [0.15, 0.2) is 0 Å². The fourth-order valence-corrected chi connectivity index (χ4v) is 2.10. The average molecular weight is 244 g/mol. The van der Waals surface area contributed by atoms with Crippen LogP contribution in [0.3, 0.4) is 0 Å². The van der Waals surface area contributed by atoms with Gasteiger partial charge in [0, 0.05) is 18.0 Å². The third kappa shape index (κ3) is 2.13. The lowest BCUT2D eigenvalue weighted by Gasteiger charge is -2.22. The predicted octanol–water partition coefficient (Wildman–Crippen LogP) is 3.58.